The Balaban J connectivity index is 1.60. The van der Waals surface area contributed by atoms with Gasteiger partial charge in [-0.2, -0.15) is 0 Å². The number of thiophene rings is 1. The van der Waals surface area contributed by atoms with Gasteiger partial charge in [0.1, 0.15) is 11.9 Å². The zero-order valence-corrected chi connectivity index (χ0v) is 20.6. The molecule has 0 bridgehead atoms. The molecule has 184 valence electrons. The number of likely N-dealkylation sites (tertiary alicyclic amines) is 1. The molecule has 3 N–H and O–H groups in total. The van der Waals surface area contributed by atoms with E-state index < -0.39 is 6.04 Å². The molecule has 1 fully saturated rings. The second-order valence-corrected chi connectivity index (χ2v) is 9.95. The summed E-state index contributed by atoms with van der Waals surface area (Å²) in [6.45, 7) is 4.38. The molecule has 1 aromatic heterocycles. The maximum Gasteiger partial charge on any atom is 0.254 e. The number of nitrogens with two attached hydrogens (primary N) is 1. The van der Waals surface area contributed by atoms with Crippen molar-refractivity contribution in [1.82, 2.24) is 15.1 Å². The third kappa shape index (κ3) is 6.33. The van der Waals surface area contributed by atoms with E-state index in [1.54, 1.807) is 28.4 Å². The highest BCUT2D eigenvalue weighted by Crippen LogP contribution is 2.28. The van der Waals surface area contributed by atoms with E-state index in [1.807, 2.05) is 42.6 Å². The van der Waals surface area contributed by atoms with E-state index >= 15 is 0 Å². The van der Waals surface area contributed by atoms with Gasteiger partial charge in [-0.25, -0.2) is 4.39 Å². The van der Waals surface area contributed by atoms with Crippen molar-refractivity contribution in [2.75, 3.05) is 19.6 Å². The van der Waals surface area contributed by atoms with Gasteiger partial charge in [0.2, 0.25) is 5.91 Å². The van der Waals surface area contributed by atoms with Crippen LogP contribution in [0.1, 0.15) is 32.8 Å². The summed E-state index contributed by atoms with van der Waals surface area (Å²) in [5.41, 5.74) is 8.21. The van der Waals surface area contributed by atoms with Gasteiger partial charge in [0.15, 0.2) is 0 Å². The SMILES string of the molecule is Cc1ccc(C(=O)N2CC(N(Cc3ccc(F)cc3)Cc3cccs3)CC2C(=O)NCCN)cc1. The predicted octanol–water partition coefficient (Wildman–Crippen LogP) is 3.56. The first-order valence-electron chi connectivity index (χ1n) is 11.8. The summed E-state index contributed by atoms with van der Waals surface area (Å²) in [5.74, 6) is -0.611. The Labute approximate surface area is 209 Å². The first kappa shape index (κ1) is 25.0. The number of hydrogen-bond donors (Lipinski definition) is 2. The maximum absolute atomic E-state index is 13.5. The van der Waals surface area contributed by atoms with Crippen molar-refractivity contribution in [3.8, 4) is 0 Å². The van der Waals surface area contributed by atoms with Gasteiger partial charge in [-0.05, 0) is 54.6 Å². The molecule has 8 heteroatoms. The average molecular weight is 495 g/mol. The van der Waals surface area contributed by atoms with Gasteiger partial charge in [-0.15, -0.1) is 11.3 Å². The molecule has 2 amide bonds. The van der Waals surface area contributed by atoms with Crippen molar-refractivity contribution in [3.05, 3.63) is 93.4 Å². The van der Waals surface area contributed by atoms with E-state index in [0.29, 0.717) is 44.7 Å². The van der Waals surface area contributed by atoms with Crippen molar-refractivity contribution >= 4 is 23.2 Å². The summed E-state index contributed by atoms with van der Waals surface area (Å²) in [4.78, 5) is 31.7. The zero-order valence-electron chi connectivity index (χ0n) is 19.8. The first-order valence-corrected chi connectivity index (χ1v) is 12.7. The average Bonchev–Trinajstić information content (AvgIpc) is 3.54. The summed E-state index contributed by atoms with van der Waals surface area (Å²) in [6, 6.07) is 17.4. The largest absolute Gasteiger partial charge is 0.353 e. The van der Waals surface area contributed by atoms with Crippen LogP contribution in [-0.4, -0.2) is 53.3 Å². The first-order chi connectivity index (χ1) is 16.9. The number of nitrogens with zero attached hydrogens (tertiary/aromatic N) is 2. The molecular formula is C27H31FN4O2S. The number of hydrogen-bond acceptors (Lipinski definition) is 5. The number of amides is 2. The number of aryl methyl sites for hydroxylation is 1. The van der Waals surface area contributed by atoms with Gasteiger partial charge in [-0.3, -0.25) is 14.5 Å². The minimum absolute atomic E-state index is 0.0369. The summed E-state index contributed by atoms with van der Waals surface area (Å²) in [6.07, 6.45) is 0.514. The van der Waals surface area contributed by atoms with Crippen molar-refractivity contribution in [2.24, 2.45) is 5.73 Å². The maximum atomic E-state index is 13.5. The van der Waals surface area contributed by atoms with Gasteiger partial charge < -0.3 is 16.0 Å². The highest BCUT2D eigenvalue weighted by molar-refractivity contribution is 7.09. The van der Waals surface area contributed by atoms with Gasteiger partial charge >= 0.3 is 0 Å². The lowest BCUT2D eigenvalue weighted by Gasteiger charge is -2.28. The Hall–Kier alpha value is -3.07. The third-order valence-corrected chi connectivity index (χ3v) is 7.20. The van der Waals surface area contributed by atoms with E-state index in [-0.39, 0.29) is 23.7 Å². The van der Waals surface area contributed by atoms with Crippen LogP contribution in [0.5, 0.6) is 0 Å². The quantitative estimate of drug-likeness (QED) is 0.477. The Morgan fingerprint density at radius 1 is 1.11 bits per heavy atom. The van der Waals surface area contributed by atoms with Gasteiger partial charge in [-0.1, -0.05) is 35.9 Å². The van der Waals surface area contributed by atoms with Crippen LogP contribution in [0.2, 0.25) is 0 Å². The molecule has 0 radical (unpaired) electrons. The number of halogens is 1. The van der Waals surface area contributed by atoms with Crippen molar-refractivity contribution in [2.45, 2.75) is 38.5 Å². The van der Waals surface area contributed by atoms with Crippen LogP contribution in [0.25, 0.3) is 0 Å². The third-order valence-electron chi connectivity index (χ3n) is 6.34. The summed E-state index contributed by atoms with van der Waals surface area (Å²) >= 11 is 1.67. The second kappa shape index (κ2) is 11.6. The van der Waals surface area contributed by atoms with Crippen LogP contribution in [0, 0.1) is 12.7 Å². The van der Waals surface area contributed by atoms with E-state index in [2.05, 4.69) is 16.3 Å². The zero-order chi connectivity index (χ0) is 24.8. The molecule has 1 aliphatic heterocycles. The van der Waals surface area contributed by atoms with Gasteiger partial charge in [0.05, 0.1) is 0 Å². The van der Waals surface area contributed by atoms with E-state index in [9.17, 15) is 14.0 Å². The van der Waals surface area contributed by atoms with Gasteiger partial charge in [0.25, 0.3) is 5.91 Å². The molecular weight excluding hydrogens is 463 g/mol. The van der Waals surface area contributed by atoms with Crippen LogP contribution in [-0.2, 0) is 17.9 Å². The predicted molar refractivity (Wildman–Crippen MR) is 136 cm³/mol. The smallest absolute Gasteiger partial charge is 0.254 e. The fourth-order valence-electron chi connectivity index (χ4n) is 4.47. The molecule has 3 aromatic rings. The number of carbonyl (C=O) groups excluding carboxylic acids is 2. The highest BCUT2D eigenvalue weighted by Gasteiger charge is 2.42. The second-order valence-electron chi connectivity index (χ2n) is 8.92. The Kier molecular flexibility index (Phi) is 8.28. The van der Waals surface area contributed by atoms with Crippen molar-refractivity contribution in [1.29, 1.82) is 0 Å². The normalized spacial score (nSPS) is 17.7. The lowest BCUT2D eigenvalue weighted by Crippen LogP contribution is -2.47. The fourth-order valence-corrected chi connectivity index (χ4v) is 5.20. The molecule has 2 heterocycles. The number of rotatable bonds is 9. The van der Waals surface area contributed by atoms with Crippen LogP contribution in [0.3, 0.4) is 0 Å². The molecule has 6 nitrogen and oxygen atoms in total. The van der Waals surface area contributed by atoms with E-state index in [4.69, 9.17) is 5.73 Å². The molecule has 4 rings (SSSR count). The summed E-state index contributed by atoms with van der Waals surface area (Å²) in [7, 11) is 0. The van der Waals surface area contributed by atoms with Crippen LogP contribution in [0.15, 0.2) is 66.0 Å². The lowest BCUT2D eigenvalue weighted by molar-refractivity contribution is -0.124. The fraction of sp³-hybridized carbons (Fsp3) is 0.333. The molecule has 0 aliphatic carbocycles. The number of carbonyl (C=O) groups is 2. The molecule has 1 aliphatic rings. The molecule has 2 unspecified atom stereocenters. The van der Waals surface area contributed by atoms with E-state index in [1.165, 1.54) is 17.0 Å². The molecule has 0 saturated carbocycles. The minimum atomic E-state index is -0.584. The molecule has 0 spiro atoms. The topological polar surface area (TPSA) is 78.7 Å². The van der Waals surface area contributed by atoms with Crippen molar-refractivity contribution < 1.29 is 14.0 Å². The molecule has 1 saturated heterocycles. The summed E-state index contributed by atoms with van der Waals surface area (Å²) < 4.78 is 13.5. The Bertz CT molecular complexity index is 1120. The number of nitrogens with one attached hydrogen (secondary N) is 1. The number of benzene rings is 2. The molecule has 35 heavy (non-hydrogen) atoms. The van der Waals surface area contributed by atoms with Gasteiger partial charge in [0, 0.05) is 49.2 Å². The monoisotopic (exact) mass is 494 g/mol. The van der Waals surface area contributed by atoms with Crippen LogP contribution in [0.4, 0.5) is 4.39 Å². The Morgan fingerprint density at radius 2 is 1.86 bits per heavy atom. The van der Waals surface area contributed by atoms with E-state index in [0.717, 1.165) is 11.1 Å². The minimum Gasteiger partial charge on any atom is -0.353 e. The Morgan fingerprint density at radius 3 is 2.51 bits per heavy atom. The molecule has 2 atom stereocenters. The van der Waals surface area contributed by atoms with Crippen LogP contribution >= 0.6 is 11.3 Å². The standard InChI is InChI=1S/C27H31FN4O2S/c1-19-4-8-21(9-5-19)27(34)32-17-23(15-25(32)26(33)30-13-12-29)31(18-24-3-2-14-35-24)16-20-6-10-22(28)11-7-20/h2-11,14,23,25H,12-13,15-18,29H2,1H3,(H,30,33). The van der Waals surface area contributed by atoms with Crippen molar-refractivity contribution in [3.63, 3.8) is 0 Å². The van der Waals surface area contributed by atoms with Crippen LogP contribution < -0.4 is 11.1 Å². The summed E-state index contributed by atoms with van der Waals surface area (Å²) in [5, 5.41) is 4.90. The highest BCUT2D eigenvalue weighted by atomic mass is 32.1. The molecule has 2 aromatic carbocycles. The lowest BCUT2D eigenvalue weighted by atomic mass is 10.1.